The summed E-state index contributed by atoms with van der Waals surface area (Å²) in [7, 11) is 0. The Hall–Kier alpha value is -1.38. The fourth-order valence-corrected chi connectivity index (χ4v) is 0.997. The molecule has 0 saturated heterocycles. The third-order valence-corrected chi connectivity index (χ3v) is 1.73. The summed E-state index contributed by atoms with van der Waals surface area (Å²) in [6, 6.07) is 1.43. The zero-order valence-corrected chi connectivity index (χ0v) is 7.13. The van der Waals surface area contributed by atoms with Gasteiger partial charge in [0, 0.05) is 11.3 Å². The van der Waals surface area contributed by atoms with Gasteiger partial charge in [-0.15, -0.1) is 0 Å². The van der Waals surface area contributed by atoms with Crippen molar-refractivity contribution < 1.29 is 4.39 Å². The maximum atomic E-state index is 12.7. The number of hydrogen-bond acceptors (Lipinski definition) is 2. The summed E-state index contributed by atoms with van der Waals surface area (Å²) in [5.74, 6) is -0.336. The van der Waals surface area contributed by atoms with Gasteiger partial charge in [0.05, 0.1) is 6.20 Å². The van der Waals surface area contributed by atoms with Crippen LogP contribution in [0.15, 0.2) is 18.5 Å². The molecule has 0 unspecified atom stereocenters. The highest BCUT2D eigenvalue weighted by molar-refractivity contribution is 5.64. The second-order valence-electron chi connectivity index (χ2n) is 2.64. The molecule has 2 nitrogen and oxygen atoms in total. The molecule has 0 fully saturated rings. The summed E-state index contributed by atoms with van der Waals surface area (Å²) in [5.41, 5.74) is 7.69. The Bertz CT molecular complexity index is 318. The van der Waals surface area contributed by atoms with Crippen LogP contribution >= 0.6 is 0 Å². The Morgan fingerprint density at radius 1 is 1.67 bits per heavy atom. The van der Waals surface area contributed by atoms with Crippen LogP contribution in [0.2, 0.25) is 0 Å². The van der Waals surface area contributed by atoms with Crippen molar-refractivity contribution in [3.05, 3.63) is 35.5 Å². The van der Waals surface area contributed by atoms with Crippen molar-refractivity contribution in [1.29, 1.82) is 0 Å². The molecule has 0 aliphatic heterocycles. The van der Waals surface area contributed by atoms with Gasteiger partial charge in [-0.05, 0) is 31.7 Å². The summed E-state index contributed by atoms with van der Waals surface area (Å²) < 4.78 is 12.7. The van der Waals surface area contributed by atoms with Crippen LogP contribution in [0, 0.1) is 12.7 Å². The second-order valence-corrected chi connectivity index (χ2v) is 2.64. The molecule has 1 heterocycles. The molecular formula is C9H11FN2. The van der Waals surface area contributed by atoms with Crippen LogP contribution in [0.25, 0.3) is 5.57 Å². The Kier molecular flexibility index (Phi) is 2.43. The van der Waals surface area contributed by atoms with E-state index in [1.165, 1.54) is 18.5 Å². The number of pyridine rings is 1. The van der Waals surface area contributed by atoms with E-state index in [2.05, 4.69) is 4.98 Å². The number of aryl methyl sites for hydroxylation is 1. The van der Waals surface area contributed by atoms with E-state index in [0.717, 1.165) is 16.8 Å². The van der Waals surface area contributed by atoms with E-state index in [0.29, 0.717) is 0 Å². The summed E-state index contributed by atoms with van der Waals surface area (Å²) in [4.78, 5) is 3.88. The predicted octanol–water partition coefficient (Wildman–Crippen LogP) is 1.85. The highest BCUT2D eigenvalue weighted by Gasteiger charge is 2.02. The molecular weight excluding hydrogens is 155 g/mol. The summed E-state index contributed by atoms with van der Waals surface area (Å²) in [6.45, 7) is 3.64. The summed E-state index contributed by atoms with van der Waals surface area (Å²) in [5, 5.41) is 0. The van der Waals surface area contributed by atoms with E-state index in [9.17, 15) is 4.39 Å². The Labute approximate surface area is 70.9 Å². The van der Waals surface area contributed by atoms with Gasteiger partial charge in [-0.1, -0.05) is 0 Å². The largest absolute Gasteiger partial charge is 0.404 e. The second kappa shape index (κ2) is 3.34. The average molecular weight is 166 g/mol. The third-order valence-electron chi connectivity index (χ3n) is 1.73. The van der Waals surface area contributed by atoms with Crippen molar-refractivity contribution in [3.63, 3.8) is 0 Å². The first-order valence-corrected chi connectivity index (χ1v) is 3.66. The molecule has 0 radical (unpaired) electrons. The van der Waals surface area contributed by atoms with Crippen molar-refractivity contribution in [3.8, 4) is 0 Å². The lowest BCUT2D eigenvalue weighted by Crippen LogP contribution is -1.93. The van der Waals surface area contributed by atoms with Gasteiger partial charge in [0.15, 0.2) is 0 Å². The number of nitrogens with zero attached hydrogens (tertiary/aromatic N) is 1. The Morgan fingerprint density at radius 2 is 2.33 bits per heavy atom. The number of nitrogens with two attached hydrogens (primary N) is 1. The fourth-order valence-electron chi connectivity index (χ4n) is 0.997. The molecule has 0 aliphatic carbocycles. The van der Waals surface area contributed by atoms with Crippen molar-refractivity contribution in [2.75, 3.05) is 0 Å². The van der Waals surface area contributed by atoms with Crippen molar-refractivity contribution in [1.82, 2.24) is 4.98 Å². The first-order chi connectivity index (χ1) is 5.65. The highest BCUT2D eigenvalue weighted by atomic mass is 19.1. The van der Waals surface area contributed by atoms with Crippen LogP contribution < -0.4 is 5.73 Å². The van der Waals surface area contributed by atoms with Crippen LogP contribution in [0.3, 0.4) is 0 Å². The van der Waals surface area contributed by atoms with Crippen LogP contribution in [-0.2, 0) is 0 Å². The lowest BCUT2D eigenvalue weighted by atomic mass is 10.1. The van der Waals surface area contributed by atoms with Crippen LogP contribution in [0.5, 0.6) is 0 Å². The normalized spacial score (nSPS) is 11.8. The van der Waals surface area contributed by atoms with E-state index in [1.807, 2.05) is 13.8 Å². The fraction of sp³-hybridized carbons (Fsp3) is 0.222. The number of allylic oxidation sites excluding steroid dienone is 1. The molecule has 0 spiro atoms. The van der Waals surface area contributed by atoms with E-state index >= 15 is 0 Å². The van der Waals surface area contributed by atoms with Gasteiger partial charge in [-0.3, -0.25) is 4.98 Å². The predicted molar refractivity (Wildman–Crippen MR) is 46.8 cm³/mol. The smallest absolute Gasteiger partial charge is 0.142 e. The van der Waals surface area contributed by atoms with Gasteiger partial charge < -0.3 is 5.73 Å². The minimum absolute atomic E-state index is 0.336. The van der Waals surface area contributed by atoms with Gasteiger partial charge in [-0.2, -0.15) is 0 Å². The summed E-state index contributed by atoms with van der Waals surface area (Å²) >= 11 is 0. The number of hydrogen-bond donors (Lipinski definition) is 1. The molecule has 0 bridgehead atoms. The van der Waals surface area contributed by atoms with Crippen molar-refractivity contribution >= 4 is 5.57 Å². The quantitative estimate of drug-likeness (QED) is 0.691. The Morgan fingerprint density at radius 3 is 2.92 bits per heavy atom. The minimum Gasteiger partial charge on any atom is -0.404 e. The van der Waals surface area contributed by atoms with Gasteiger partial charge in [-0.25, -0.2) is 4.39 Å². The first kappa shape index (κ1) is 8.71. The van der Waals surface area contributed by atoms with E-state index < -0.39 is 0 Å². The molecule has 12 heavy (non-hydrogen) atoms. The maximum Gasteiger partial charge on any atom is 0.142 e. The SMILES string of the molecule is C/C(=C/N)c1cc(F)cnc1C. The topological polar surface area (TPSA) is 38.9 Å². The molecule has 1 aromatic rings. The molecule has 0 aromatic carbocycles. The molecule has 1 rings (SSSR count). The number of halogens is 1. The first-order valence-electron chi connectivity index (χ1n) is 3.66. The summed E-state index contributed by atoms with van der Waals surface area (Å²) in [6.07, 6.45) is 2.64. The molecule has 64 valence electrons. The van der Waals surface area contributed by atoms with Gasteiger partial charge in [0.2, 0.25) is 0 Å². The molecule has 0 saturated carbocycles. The Balaban J connectivity index is 3.23. The number of rotatable bonds is 1. The van der Waals surface area contributed by atoms with Crippen LogP contribution in [0.4, 0.5) is 4.39 Å². The van der Waals surface area contributed by atoms with E-state index in [-0.39, 0.29) is 5.82 Å². The molecule has 2 N–H and O–H groups in total. The van der Waals surface area contributed by atoms with E-state index in [4.69, 9.17) is 5.73 Å². The highest BCUT2D eigenvalue weighted by Crippen LogP contribution is 2.16. The maximum absolute atomic E-state index is 12.7. The molecule has 1 aromatic heterocycles. The van der Waals surface area contributed by atoms with Crippen molar-refractivity contribution in [2.24, 2.45) is 5.73 Å². The lowest BCUT2D eigenvalue weighted by Gasteiger charge is -2.03. The molecule has 3 heteroatoms. The van der Waals surface area contributed by atoms with Gasteiger partial charge >= 0.3 is 0 Å². The molecule has 0 atom stereocenters. The zero-order chi connectivity index (χ0) is 9.14. The van der Waals surface area contributed by atoms with Crippen LogP contribution in [0.1, 0.15) is 18.2 Å². The van der Waals surface area contributed by atoms with E-state index in [1.54, 1.807) is 0 Å². The standard InChI is InChI=1S/C9H11FN2/c1-6(4-11)9-3-8(10)5-12-7(9)2/h3-5H,11H2,1-2H3/b6-4-. The third kappa shape index (κ3) is 1.61. The van der Waals surface area contributed by atoms with Gasteiger partial charge in [0.25, 0.3) is 0 Å². The zero-order valence-electron chi connectivity index (χ0n) is 7.13. The molecule has 0 aliphatic rings. The average Bonchev–Trinajstić information content (AvgIpc) is 2.08. The number of aromatic nitrogens is 1. The van der Waals surface area contributed by atoms with Crippen LogP contribution in [-0.4, -0.2) is 4.98 Å². The lowest BCUT2D eigenvalue weighted by molar-refractivity contribution is 0.619. The van der Waals surface area contributed by atoms with Crippen molar-refractivity contribution in [2.45, 2.75) is 13.8 Å². The monoisotopic (exact) mass is 166 g/mol. The minimum atomic E-state index is -0.336. The van der Waals surface area contributed by atoms with Gasteiger partial charge in [0.1, 0.15) is 5.82 Å². The molecule has 0 amide bonds.